The van der Waals surface area contributed by atoms with Crippen LogP contribution in [0.2, 0.25) is 0 Å². The van der Waals surface area contributed by atoms with Crippen molar-refractivity contribution >= 4 is 17.7 Å². The average Bonchev–Trinajstić information content (AvgIpc) is 2.80. The maximum Gasteiger partial charge on any atom is 0.410 e. The van der Waals surface area contributed by atoms with E-state index in [1.54, 1.807) is 4.90 Å². The Morgan fingerprint density at radius 1 is 1.06 bits per heavy atom. The van der Waals surface area contributed by atoms with Crippen LogP contribution in [0.4, 0.5) is 10.5 Å². The molecular weight excluding hydrogens is 404 g/mol. The van der Waals surface area contributed by atoms with Gasteiger partial charge in [-0.05, 0) is 50.2 Å². The van der Waals surface area contributed by atoms with Crippen LogP contribution in [-0.2, 0) is 29.0 Å². The molecule has 2 amide bonds. The first-order chi connectivity index (χ1) is 15.5. The maximum atomic E-state index is 13.1. The van der Waals surface area contributed by atoms with Crippen molar-refractivity contribution in [2.75, 3.05) is 52.2 Å². The lowest BCUT2D eigenvalue weighted by molar-refractivity contribution is -0.130. The molecule has 0 saturated heterocycles. The summed E-state index contributed by atoms with van der Waals surface area (Å²) in [5, 5.41) is 3.36. The third-order valence-corrected chi connectivity index (χ3v) is 5.61. The zero-order valence-corrected chi connectivity index (χ0v) is 19.3. The molecule has 172 valence electrons. The van der Waals surface area contributed by atoms with Crippen LogP contribution in [-0.4, -0.2) is 73.6 Å². The molecule has 0 spiro atoms. The van der Waals surface area contributed by atoms with Gasteiger partial charge in [-0.2, -0.15) is 0 Å². The van der Waals surface area contributed by atoms with Gasteiger partial charge in [-0.15, -0.1) is 0 Å². The number of likely N-dealkylation sites (N-methyl/N-ethyl adjacent to an activating group) is 1. The fraction of sp³-hybridized carbons (Fsp3) is 0.440. The van der Waals surface area contributed by atoms with E-state index in [0.717, 1.165) is 29.8 Å². The highest BCUT2D eigenvalue weighted by Crippen LogP contribution is 2.26. The lowest BCUT2D eigenvalue weighted by Crippen LogP contribution is -2.39. The number of nitrogens with zero attached hydrogens (tertiary/aromatic N) is 3. The molecule has 32 heavy (non-hydrogen) atoms. The number of fused-ring (bicyclic) bond motifs is 1. The third kappa shape index (κ3) is 6.47. The first-order valence-electron chi connectivity index (χ1n) is 11.2. The predicted molar refractivity (Wildman–Crippen MR) is 126 cm³/mol. The van der Waals surface area contributed by atoms with Crippen LogP contribution in [0, 0.1) is 0 Å². The van der Waals surface area contributed by atoms with Gasteiger partial charge in [-0.1, -0.05) is 42.5 Å². The Hall–Kier alpha value is -3.06. The number of hydrogen-bond donors (Lipinski definition) is 1. The summed E-state index contributed by atoms with van der Waals surface area (Å²) in [4.78, 5) is 30.9. The van der Waals surface area contributed by atoms with Gasteiger partial charge in [0.25, 0.3) is 0 Å². The smallest absolute Gasteiger partial charge is 0.410 e. The molecule has 7 nitrogen and oxygen atoms in total. The van der Waals surface area contributed by atoms with Crippen LogP contribution in [0.15, 0.2) is 48.5 Å². The average molecular weight is 439 g/mol. The summed E-state index contributed by atoms with van der Waals surface area (Å²) in [6.45, 7) is 5.64. The van der Waals surface area contributed by atoms with Crippen molar-refractivity contribution in [2.45, 2.75) is 26.4 Å². The third-order valence-electron chi connectivity index (χ3n) is 5.61. The minimum Gasteiger partial charge on any atom is -0.450 e. The molecule has 0 saturated carbocycles. The van der Waals surface area contributed by atoms with E-state index in [9.17, 15) is 9.59 Å². The molecular formula is C25H34N4O3. The number of benzene rings is 2. The Morgan fingerprint density at radius 3 is 2.56 bits per heavy atom. The summed E-state index contributed by atoms with van der Waals surface area (Å²) in [7, 11) is 4.03. The molecule has 0 radical (unpaired) electrons. The normalized spacial score (nSPS) is 12.9. The molecule has 7 heteroatoms. The number of nitrogens with one attached hydrogen (secondary N) is 1. The zero-order valence-electron chi connectivity index (χ0n) is 19.3. The highest BCUT2D eigenvalue weighted by Gasteiger charge is 2.23. The largest absolute Gasteiger partial charge is 0.450 e. The van der Waals surface area contributed by atoms with Crippen molar-refractivity contribution in [1.82, 2.24) is 14.7 Å². The summed E-state index contributed by atoms with van der Waals surface area (Å²) < 4.78 is 5.14. The summed E-state index contributed by atoms with van der Waals surface area (Å²) in [6.07, 6.45) is 0.462. The Balaban J connectivity index is 1.65. The topological polar surface area (TPSA) is 65.1 Å². The van der Waals surface area contributed by atoms with Gasteiger partial charge < -0.3 is 24.8 Å². The molecule has 1 heterocycles. The molecule has 2 aromatic carbocycles. The van der Waals surface area contributed by atoms with Crippen LogP contribution >= 0.6 is 0 Å². The van der Waals surface area contributed by atoms with Gasteiger partial charge in [0.2, 0.25) is 5.91 Å². The van der Waals surface area contributed by atoms with E-state index in [0.29, 0.717) is 32.8 Å². The van der Waals surface area contributed by atoms with Crippen molar-refractivity contribution in [3.63, 3.8) is 0 Å². The number of amides is 2. The highest BCUT2D eigenvalue weighted by molar-refractivity contribution is 5.81. The zero-order chi connectivity index (χ0) is 22.9. The standard InChI is InChI=1S/C25H34N4O3/c1-4-32-25(31)29-14-13-22-21(19-29)11-8-12-23(22)26-17-24(30)28(16-15-27(2)3)18-20-9-6-5-7-10-20/h5-12,26H,4,13-19H2,1-3H3. The van der Waals surface area contributed by atoms with Gasteiger partial charge in [0, 0.05) is 38.4 Å². The molecule has 1 N–H and O–H groups in total. The van der Waals surface area contributed by atoms with Crippen LogP contribution in [0.1, 0.15) is 23.6 Å². The van der Waals surface area contributed by atoms with Gasteiger partial charge in [-0.3, -0.25) is 4.79 Å². The van der Waals surface area contributed by atoms with Gasteiger partial charge in [0.05, 0.1) is 13.2 Å². The number of ether oxygens (including phenoxy) is 1. The molecule has 3 rings (SSSR count). The molecule has 1 aliphatic heterocycles. The maximum absolute atomic E-state index is 13.1. The predicted octanol–water partition coefficient (Wildman–Crippen LogP) is 3.20. The monoisotopic (exact) mass is 438 g/mol. The fourth-order valence-corrected chi connectivity index (χ4v) is 3.84. The molecule has 0 aliphatic carbocycles. The first-order valence-corrected chi connectivity index (χ1v) is 11.2. The Morgan fingerprint density at radius 2 is 1.84 bits per heavy atom. The van der Waals surface area contributed by atoms with E-state index in [1.807, 2.05) is 74.4 Å². The van der Waals surface area contributed by atoms with Crippen LogP contribution in [0.3, 0.4) is 0 Å². The van der Waals surface area contributed by atoms with Crippen LogP contribution in [0.5, 0.6) is 0 Å². The summed E-state index contributed by atoms with van der Waals surface area (Å²) in [6, 6.07) is 16.1. The van der Waals surface area contributed by atoms with Crippen LogP contribution < -0.4 is 5.32 Å². The van der Waals surface area contributed by atoms with Crippen molar-refractivity contribution in [1.29, 1.82) is 0 Å². The van der Waals surface area contributed by atoms with E-state index < -0.39 is 0 Å². The molecule has 1 aliphatic rings. The van der Waals surface area contributed by atoms with Gasteiger partial charge in [0.15, 0.2) is 0 Å². The Labute approximate surface area is 190 Å². The molecule has 0 unspecified atom stereocenters. The quantitative estimate of drug-likeness (QED) is 0.651. The minimum absolute atomic E-state index is 0.0669. The first kappa shape index (κ1) is 23.6. The Bertz CT molecular complexity index is 901. The van der Waals surface area contributed by atoms with Crippen molar-refractivity contribution in [3.8, 4) is 0 Å². The van der Waals surface area contributed by atoms with Crippen molar-refractivity contribution in [3.05, 3.63) is 65.2 Å². The number of hydrogen-bond acceptors (Lipinski definition) is 5. The summed E-state index contributed by atoms with van der Waals surface area (Å²) in [5.74, 6) is 0.0669. The lowest BCUT2D eigenvalue weighted by atomic mass is 9.98. The molecule has 0 aromatic heterocycles. The van der Waals surface area contributed by atoms with Crippen molar-refractivity contribution < 1.29 is 14.3 Å². The van der Waals surface area contributed by atoms with Gasteiger partial charge in [-0.25, -0.2) is 4.79 Å². The van der Waals surface area contributed by atoms with E-state index in [-0.39, 0.29) is 18.5 Å². The SMILES string of the molecule is CCOC(=O)N1CCc2c(cccc2NCC(=O)N(CCN(C)C)Cc2ccccc2)C1. The lowest BCUT2D eigenvalue weighted by Gasteiger charge is -2.30. The minimum atomic E-state index is -0.274. The number of carbonyl (C=O) groups excluding carboxylic acids is 2. The Kier molecular flexibility index (Phi) is 8.50. The number of carbonyl (C=O) groups is 2. The second kappa shape index (κ2) is 11.5. The van der Waals surface area contributed by atoms with Gasteiger partial charge >= 0.3 is 6.09 Å². The summed E-state index contributed by atoms with van der Waals surface area (Å²) in [5.41, 5.74) is 4.35. The summed E-state index contributed by atoms with van der Waals surface area (Å²) >= 11 is 0. The van der Waals surface area contributed by atoms with E-state index in [2.05, 4.69) is 10.2 Å². The van der Waals surface area contributed by atoms with Crippen LogP contribution in [0.25, 0.3) is 0 Å². The second-order valence-corrected chi connectivity index (χ2v) is 8.27. The highest BCUT2D eigenvalue weighted by atomic mass is 16.6. The molecule has 0 bridgehead atoms. The molecule has 0 fully saturated rings. The number of anilines is 1. The van der Waals surface area contributed by atoms with Crippen molar-refractivity contribution in [2.24, 2.45) is 0 Å². The van der Waals surface area contributed by atoms with E-state index in [4.69, 9.17) is 4.74 Å². The number of rotatable bonds is 9. The second-order valence-electron chi connectivity index (χ2n) is 8.27. The molecule has 0 atom stereocenters. The van der Waals surface area contributed by atoms with Gasteiger partial charge in [0.1, 0.15) is 0 Å². The van der Waals surface area contributed by atoms with E-state index >= 15 is 0 Å². The fourth-order valence-electron chi connectivity index (χ4n) is 3.84. The molecule has 2 aromatic rings. The van der Waals surface area contributed by atoms with E-state index in [1.165, 1.54) is 5.56 Å².